The van der Waals surface area contributed by atoms with Crippen molar-refractivity contribution in [2.75, 3.05) is 11.1 Å². The van der Waals surface area contributed by atoms with Gasteiger partial charge in [-0.15, -0.1) is 10.2 Å². The fourth-order valence-electron chi connectivity index (χ4n) is 1.64. The Kier molecular flexibility index (Phi) is 5.45. The smallest absolute Gasteiger partial charge is 0.271 e. The van der Waals surface area contributed by atoms with Crippen molar-refractivity contribution in [3.63, 3.8) is 0 Å². The molecule has 0 saturated carbocycles. The predicted octanol–water partition coefficient (Wildman–Crippen LogP) is 3.18. The van der Waals surface area contributed by atoms with E-state index in [-0.39, 0.29) is 11.6 Å². The minimum atomic E-state index is -0.483. The van der Waals surface area contributed by atoms with Crippen LogP contribution in [-0.2, 0) is 4.79 Å². The lowest BCUT2D eigenvalue weighted by Gasteiger charge is -2.07. The number of nitro groups is 1. The third kappa shape index (κ3) is 4.50. The number of nitro benzene ring substituents is 1. The van der Waals surface area contributed by atoms with Crippen LogP contribution in [0.2, 0.25) is 0 Å². The van der Waals surface area contributed by atoms with E-state index in [1.165, 1.54) is 35.2 Å². The third-order valence-electron chi connectivity index (χ3n) is 2.77. The Morgan fingerprint density at radius 1 is 1.41 bits per heavy atom. The van der Waals surface area contributed by atoms with Crippen LogP contribution in [0.25, 0.3) is 0 Å². The molecule has 0 spiro atoms. The first-order valence-corrected chi connectivity index (χ1v) is 8.23. The molecule has 1 aromatic heterocycles. The number of nitrogens with zero attached hydrogens (tertiary/aromatic N) is 3. The molecule has 7 nitrogen and oxygen atoms in total. The highest BCUT2D eigenvalue weighted by Crippen LogP contribution is 2.24. The van der Waals surface area contributed by atoms with Gasteiger partial charge >= 0.3 is 0 Å². The van der Waals surface area contributed by atoms with Gasteiger partial charge in [0, 0.05) is 24.3 Å². The summed E-state index contributed by atoms with van der Waals surface area (Å²) in [5.74, 6) is 0.395. The van der Waals surface area contributed by atoms with Gasteiger partial charge in [0.15, 0.2) is 4.34 Å². The van der Waals surface area contributed by atoms with Crippen molar-refractivity contribution in [1.82, 2.24) is 10.2 Å². The molecular weight excluding hydrogens is 324 g/mol. The summed E-state index contributed by atoms with van der Waals surface area (Å²) >= 11 is 2.95. The van der Waals surface area contributed by atoms with Gasteiger partial charge in [0.1, 0.15) is 5.01 Å². The summed E-state index contributed by atoms with van der Waals surface area (Å²) in [6.45, 7) is 3.66. The molecule has 0 aliphatic rings. The van der Waals surface area contributed by atoms with E-state index in [1.807, 2.05) is 6.92 Å². The number of carbonyl (C=O) groups excluding carboxylic acids is 1. The molecule has 22 heavy (non-hydrogen) atoms. The summed E-state index contributed by atoms with van der Waals surface area (Å²) in [5, 5.41) is 22.2. The summed E-state index contributed by atoms with van der Waals surface area (Å²) in [4.78, 5) is 22.2. The molecule has 0 fully saturated rings. The Labute approximate surface area is 135 Å². The highest BCUT2D eigenvalue weighted by Gasteiger charge is 2.11. The Hall–Kier alpha value is -2.00. The number of anilines is 1. The maximum atomic E-state index is 11.9. The SMILES string of the molecule is Cc1nnc(SCCC(=O)Nc2cc([N+](=O)[O-])ccc2C)s1. The number of hydrogen-bond acceptors (Lipinski definition) is 7. The fourth-order valence-corrected chi connectivity index (χ4v) is 3.46. The second-order valence-electron chi connectivity index (χ2n) is 4.49. The molecule has 0 radical (unpaired) electrons. The van der Waals surface area contributed by atoms with E-state index in [9.17, 15) is 14.9 Å². The predicted molar refractivity (Wildman–Crippen MR) is 86.5 cm³/mol. The molecule has 1 aromatic carbocycles. The summed E-state index contributed by atoms with van der Waals surface area (Å²) < 4.78 is 0.830. The second kappa shape index (κ2) is 7.32. The largest absolute Gasteiger partial charge is 0.326 e. The van der Waals surface area contributed by atoms with Crippen molar-refractivity contribution < 1.29 is 9.72 Å². The Bertz CT molecular complexity index is 702. The van der Waals surface area contributed by atoms with Gasteiger partial charge in [0.25, 0.3) is 5.69 Å². The third-order valence-corrected chi connectivity index (χ3v) is 4.74. The molecule has 9 heteroatoms. The summed E-state index contributed by atoms with van der Waals surface area (Å²) in [6.07, 6.45) is 0.297. The maximum Gasteiger partial charge on any atom is 0.271 e. The Morgan fingerprint density at radius 2 is 2.18 bits per heavy atom. The summed E-state index contributed by atoms with van der Waals surface area (Å²) in [5.41, 5.74) is 1.21. The van der Waals surface area contributed by atoms with E-state index in [0.717, 1.165) is 14.9 Å². The molecule has 1 N–H and O–H groups in total. The van der Waals surface area contributed by atoms with Crippen LogP contribution in [0.3, 0.4) is 0 Å². The van der Waals surface area contributed by atoms with Gasteiger partial charge in [0.2, 0.25) is 5.91 Å². The van der Waals surface area contributed by atoms with Gasteiger partial charge in [-0.25, -0.2) is 0 Å². The molecule has 0 aliphatic heterocycles. The normalized spacial score (nSPS) is 10.5. The van der Waals surface area contributed by atoms with Gasteiger partial charge in [-0.3, -0.25) is 14.9 Å². The van der Waals surface area contributed by atoms with Crippen LogP contribution >= 0.6 is 23.1 Å². The van der Waals surface area contributed by atoms with Crippen LogP contribution in [0.5, 0.6) is 0 Å². The number of benzene rings is 1. The van der Waals surface area contributed by atoms with Crippen molar-refractivity contribution >= 4 is 40.4 Å². The van der Waals surface area contributed by atoms with Crippen molar-refractivity contribution in [1.29, 1.82) is 0 Å². The first-order chi connectivity index (χ1) is 10.5. The van der Waals surface area contributed by atoms with E-state index in [2.05, 4.69) is 15.5 Å². The summed E-state index contributed by atoms with van der Waals surface area (Å²) in [7, 11) is 0. The number of amides is 1. The molecule has 0 atom stereocenters. The molecule has 0 bridgehead atoms. The van der Waals surface area contributed by atoms with E-state index in [0.29, 0.717) is 17.9 Å². The molecule has 0 saturated heterocycles. The Morgan fingerprint density at radius 3 is 2.82 bits per heavy atom. The first kappa shape index (κ1) is 16.4. The number of thioether (sulfide) groups is 1. The minimum Gasteiger partial charge on any atom is -0.326 e. The highest BCUT2D eigenvalue weighted by atomic mass is 32.2. The molecule has 0 unspecified atom stereocenters. The van der Waals surface area contributed by atoms with Crippen molar-refractivity contribution in [2.45, 2.75) is 24.6 Å². The van der Waals surface area contributed by atoms with Crippen LogP contribution in [0, 0.1) is 24.0 Å². The van der Waals surface area contributed by atoms with Gasteiger partial charge in [-0.05, 0) is 19.4 Å². The lowest BCUT2D eigenvalue weighted by atomic mass is 10.2. The molecule has 2 aromatic rings. The Balaban J connectivity index is 1.89. The second-order valence-corrected chi connectivity index (χ2v) is 7.01. The molecule has 1 heterocycles. The summed E-state index contributed by atoms with van der Waals surface area (Å²) in [6, 6.07) is 4.40. The lowest BCUT2D eigenvalue weighted by molar-refractivity contribution is -0.384. The van der Waals surface area contributed by atoms with Gasteiger partial charge in [-0.1, -0.05) is 29.2 Å². The topological polar surface area (TPSA) is 98.0 Å². The zero-order valence-electron chi connectivity index (χ0n) is 12.0. The first-order valence-electron chi connectivity index (χ1n) is 6.43. The van der Waals surface area contributed by atoms with E-state index in [4.69, 9.17) is 0 Å². The van der Waals surface area contributed by atoms with E-state index in [1.54, 1.807) is 13.0 Å². The molecule has 0 aliphatic carbocycles. The average molecular weight is 338 g/mol. The number of carbonyl (C=O) groups is 1. The number of non-ortho nitro benzene ring substituents is 1. The number of rotatable bonds is 6. The highest BCUT2D eigenvalue weighted by molar-refractivity contribution is 8.01. The minimum absolute atomic E-state index is 0.0420. The molecule has 1 amide bonds. The van der Waals surface area contributed by atoms with Gasteiger partial charge in [-0.2, -0.15) is 0 Å². The zero-order chi connectivity index (χ0) is 16.1. The van der Waals surface area contributed by atoms with Crippen LogP contribution < -0.4 is 5.32 Å². The van der Waals surface area contributed by atoms with Crippen molar-refractivity contribution in [3.05, 3.63) is 38.9 Å². The van der Waals surface area contributed by atoms with Crippen LogP contribution in [0.1, 0.15) is 17.0 Å². The number of aryl methyl sites for hydroxylation is 2. The fraction of sp³-hybridized carbons (Fsp3) is 0.308. The quantitative estimate of drug-likeness (QED) is 0.493. The average Bonchev–Trinajstić information content (AvgIpc) is 2.86. The van der Waals surface area contributed by atoms with Gasteiger partial charge < -0.3 is 5.32 Å². The maximum absolute atomic E-state index is 11.9. The number of nitrogens with one attached hydrogen (secondary N) is 1. The molecular formula is C13H14N4O3S2. The van der Waals surface area contributed by atoms with E-state index >= 15 is 0 Å². The van der Waals surface area contributed by atoms with Crippen molar-refractivity contribution in [2.24, 2.45) is 0 Å². The zero-order valence-corrected chi connectivity index (χ0v) is 13.7. The molecule has 2 rings (SSSR count). The van der Waals surface area contributed by atoms with E-state index < -0.39 is 4.92 Å². The monoisotopic (exact) mass is 338 g/mol. The lowest BCUT2D eigenvalue weighted by Crippen LogP contribution is -2.13. The van der Waals surface area contributed by atoms with Crippen LogP contribution in [-0.4, -0.2) is 26.8 Å². The van der Waals surface area contributed by atoms with Crippen LogP contribution in [0.4, 0.5) is 11.4 Å². The number of aromatic nitrogens is 2. The standard InChI is InChI=1S/C13H14N4O3S2/c1-8-3-4-10(17(19)20)7-11(8)14-12(18)5-6-21-13-16-15-9(2)22-13/h3-4,7H,5-6H2,1-2H3,(H,14,18). The molecule has 116 valence electrons. The van der Waals surface area contributed by atoms with Gasteiger partial charge in [0.05, 0.1) is 10.6 Å². The van der Waals surface area contributed by atoms with Crippen molar-refractivity contribution in [3.8, 4) is 0 Å². The number of hydrogen-bond donors (Lipinski definition) is 1. The van der Waals surface area contributed by atoms with Crippen LogP contribution in [0.15, 0.2) is 22.5 Å².